The number of ketones is 1. The van der Waals surface area contributed by atoms with Gasteiger partial charge < -0.3 is 10.2 Å². The Morgan fingerprint density at radius 2 is 2.25 bits per heavy atom. The van der Waals surface area contributed by atoms with E-state index < -0.39 is 12.4 Å². The van der Waals surface area contributed by atoms with Crippen molar-refractivity contribution in [1.29, 1.82) is 0 Å². The van der Waals surface area contributed by atoms with Crippen molar-refractivity contribution in [1.82, 2.24) is 4.98 Å². The monoisotopic (exact) mass is 231 g/mol. The molecule has 0 aliphatic rings. The minimum atomic E-state index is -0.656. The second kappa shape index (κ2) is 3.64. The molecule has 0 saturated carbocycles. The van der Waals surface area contributed by atoms with Crippen molar-refractivity contribution < 1.29 is 15.0 Å². The number of aromatic hydroxyl groups is 1. The molecule has 1 heterocycles. The molecule has 0 aliphatic carbocycles. The normalized spacial score (nSPS) is 9.83. The molecule has 0 amide bonds. The number of aromatic nitrogens is 1. The first kappa shape index (κ1) is 9.15. The number of aliphatic hydroxyl groups excluding tert-OH is 1. The first-order valence-electron chi connectivity index (χ1n) is 3.14. The van der Waals surface area contributed by atoms with Gasteiger partial charge in [-0.25, -0.2) is 4.98 Å². The Morgan fingerprint density at radius 1 is 1.58 bits per heavy atom. The van der Waals surface area contributed by atoms with Gasteiger partial charge in [0.25, 0.3) is 0 Å². The SMILES string of the molecule is O=C(CO)c1nc(Br)ccc1O. The molecule has 0 aliphatic heterocycles. The molecule has 0 fully saturated rings. The van der Waals surface area contributed by atoms with Gasteiger partial charge in [-0.3, -0.25) is 4.79 Å². The summed E-state index contributed by atoms with van der Waals surface area (Å²) >= 11 is 3.04. The van der Waals surface area contributed by atoms with Crippen LogP contribution in [0.5, 0.6) is 5.75 Å². The summed E-state index contributed by atoms with van der Waals surface area (Å²) < 4.78 is 0.442. The number of hydrogen-bond donors (Lipinski definition) is 2. The molecule has 1 aromatic heterocycles. The van der Waals surface area contributed by atoms with Crippen LogP contribution in [-0.2, 0) is 0 Å². The molecule has 0 atom stereocenters. The fourth-order valence-electron chi connectivity index (χ4n) is 0.708. The van der Waals surface area contributed by atoms with Crippen LogP contribution in [0.15, 0.2) is 16.7 Å². The van der Waals surface area contributed by atoms with Crippen LogP contribution < -0.4 is 0 Å². The maximum absolute atomic E-state index is 10.9. The van der Waals surface area contributed by atoms with Crippen LogP contribution in [0.1, 0.15) is 10.5 Å². The Hall–Kier alpha value is -0.940. The average molecular weight is 232 g/mol. The summed E-state index contributed by atoms with van der Waals surface area (Å²) in [7, 11) is 0. The Kier molecular flexibility index (Phi) is 2.78. The van der Waals surface area contributed by atoms with E-state index in [9.17, 15) is 4.79 Å². The van der Waals surface area contributed by atoms with Crippen molar-refractivity contribution in [2.75, 3.05) is 6.61 Å². The van der Waals surface area contributed by atoms with Crippen molar-refractivity contribution >= 4 is 21.7 Å². The molecule has 0 bridgehead atoms. The quantitative estimate of drug-likeness (QED) is 0.582. The molecule has 64 valence electrons. The number of carbonyl (C=O) groups is 1. The second-order valence-corrected chi connectivity index (χ2v) is 2.90. The van der Waals surface area contributed by atoms with Crippen LogP contribution in [0.3, 0.4) is 0 Å². The highest BCUT2D eigenvalue weighted by molar-refractivity contribution is 9.10. The molecular weight excluding hydrogens is 226 g/mol. The van der Waals surface area contributed by atoms with Gasteiger partial charge in [-0.1, -0.05) is 0 Å². The largest absolute Gasteiger partial charge is 0.506 e. The summed E-state index contributed by atoms with van der Waals surface area (Å²) in [5.74, 6) is -0.828. The molecule has 2 N–H and O–H groups in total. The van der Waals surface area contributed by atoms with E-state index in [1.165, 1.54) is 12.1 Å². The summed E-state index contributed by atoms with van der Waals surface area (Å²) in [6, 6.07) is 2.84. The maximum Gasteiger partial charge on any atom is 0.210 e. The van der Waals surface area contributed by atoms with Gasteiger partial charge in [-0.15, -0.1) is 0 Å². The second-order valence-electron chi connectivity index (χ2n) is 2.08. The van der Waals surface area contributed by atoms with E-state index in [2.05, 4.69) is 20.9 Å². The van der Waals surface area contributed by atoms with E-state index in [1.54, 1.807) is 0 Å². The van der Waals surface area contributed by atoms with E-state index in [0.29, 0.717) is 4.60 Å². The van der Waals surface area contributed by atoms with Crippen LogP contribution in [0.2, 0.25) is 0 Å². The lowest BCUT2D eigenvalue weighted by molar-refractivity contribution is 0.0895. The van der Waals surface area contributed by atoms with Gasteiger partial charge in [-0.2, -0.15) is 0 Å². The highest BCUT2D eigenvalue weighted by Crippen LogP contribution is 2.17. The first-order chi connectivity index (χ1) is 5.65. The number of nitrogens with zero attached hydrogens (tertiary/aromatic N) is 1. The highest BCUT2D eigenvalue weighted by Gasteiger charge is 2.11. The van der Waals surface area contributed by atoms with Crippen molar-refractivity contribution in [3.05, 3.63) is 22.4 Å². The molecule has 0 radical (unpaired) electrons. The zero-order valence-electron chi connectivity index (χ0n) is 5.99. The number of halogens is 1. The summed E-state index contributed by atoms with van der Waals surface area (Å²) in [5, 5.41) is 17.6. The van der Waals surface area contributed by atoms with Gasteiger partial charge in [0, 0.05) is 0 Å². The fourth-order valence-corrected chi connectivity index (χ4v) is 1.02. The predicted molar refractivity (Wildman–Crippen MR) is 45.0 cm³/mol. The molecule has 0 unspecified atom stereocenters. The van der Waals surface area contributed by atoms with E-state index in [4.69, 9.17) is 10.2 Å². The third-order valence-corrected chi connectivity index (χ3v) is 1.69. The Balaban J connectivity index is 3.13. The molecule has 12 heavy (non-hydrogen) atoms. The van der Waals surface area contributed by atoms with Crippen molar-refractivity contribution in [3.63, 3.8) is 0 Å². The van der Waals surface area contributed by atoms with E-state index in [0.717, 1.165) is 0 Å². The average Bonchev–Trinajstić information content (AvgIpc) is 2.08. The summed E-state index contributed by atoms with van der Waals surface area (Å²) in [6.07, 6.45) is 0. The molecule has 0 saturated heterocycles. The number of aliphatic hydroxyl groups is 1. The van der Waals surface area contributed by atoms with E-state index in [-0.39, 0.29) is 11.4 Å². The Bertz CT molecular complexity index is 314. The standard InChI is InChI=1S/C7H6BrNO3/c8-6-2-1-4(11)7(9-6)5(12)3-10/h1-2,10-11H,3H2. The van der Waals surface area contributed by atoms with Gasteiger partial charge in [-0.05, 0) is 28.1 Å². The van der Waals surface area contributed by atoms with Crippen LogP contribution in [-0.4, -0.2) is 27.6 Å². The molecule has 1 aromatic rings. The van der Waals surface area contributed by atoms with Gasteiger partial charge in [0.1, 0.15) is 17.0 Å². The molecule has 0 spiro atoms. The maximum atomic E-state index is 10.9. The lowest BCUT2D eigenvalue weighted by Crippen LogP contribution is -2.07. The number of Topliss-reactive ketones (excluding diaryl/α,β-unsaturated/α-hetero) is 1. The van der Waals surface area contributed by atoms with Crippen molar-refractivity contribution in [3.8, 4) is 5.75 Å². The topological polar surface area (TPSA) is 70.4 Å². The lowest BCUT2D eigenvalue weighted by Gasteiger charge is -1.99. The highest BCUT2D eigenvalue weighted by atomic mass is 79.9. The van der Waals surface area contributed by atoms with Gasteiger partial charge in [0.2, 0.25) is 5.78 Å². The van der Waals surface area contributed by atoms with Gasteiger partial charge >= 0.3 is 0 Å². The van der Waals surface area contributed by atoms with Crippen molar-refractivity contribution in [2.24, 2.45) is 0 Å². The Morgan fingerprint density at radius 3 is 2.83 bits per heavy atom. The minimum Gasteiger partial charge on any atom is -0.506 e. The van der Waals surface area contributed by atoms with Gasteiger partial charge in [0.05, 0.1) is 0 Å². The molecule has 0 aromatic carbocycles. The third-order valence-electron chi connectivity index (χ3n) is 1.25. The van der Waals surface area contributed by atoms with E-state index in [1.807, 2.05) is 0 Å². The number of hydrogen-bond acceptors (Lipinski definition) is 4. The molecular formula is C7H6BrNO3. The Labute approximate surface area is 77.0 Å². The van der Waals surface area contributed by atoms with E-state index >= 15 is 0 Å². The van der Waals surface area contributed by atoms with Crippen LogP contribution in [0.25, 0.3) is 0 Å². The van der Waals surface area contributed by atoms with Crippen LogP contribution >= 0.6 is 15.9 Å². The summed E-state index contributed by atoms with van der Waals surface area (Å²) in [4.78, 5) is 14.6. The zero-order valence-corrected chi connectivity index (χ0v) is 7.58. The molecule has 5 heteroatoms. The predicted octanol–water partition coefficient (Wildman–Crippen LogP) is 0.725. The number of pyridine rings is 1. The van der Waals surface area contributed by atoms with Crippen LogP contribution in [0, 0.1) is 0 Å². The first-order valence-corrected chi connectivity index (χ1v) is 3.94. The summed E-state index contributed by atoms with van der Waals surface area (Å²) in [5.41, 5.74) is -0.119. The molecule has 4 nitrogen and oxygen atoms in total. The zero-order chi connectivity index (χ0) is 9.14. The third kappa shape index (κ3) is 1.80. The van der Waals surface area contributed by atoms with Crippen LogP contribution in [0.4, 0.5) is 0 Å². The lowest BCUT2D eigenvalue weighted by atomic mass is 10.2. The minimum absolute atomic E-state index is 0.119. The summed E-state index contributed by atoms with van der Waals surface area (Å²) in [6.45, 7) is -0.656. The van der Waals surface area contributed by atoms with Crippen molar-refractivity contribution in [2.45, 2.75) is 0 Å². The van der Waals surface area contributed by atoms with Gasteiger partial charge in [0.15, 0.2) is 5.69 Å². The number of carbonyl (C=O) groups excluding carboxylic acids is 1. The molecule has 1 rings (SSSR count). The fraction of sp³-hybridized carbons (Fsp3) is 0.143. The number of rotatable bonds is 2. The smallest absolute Gasteiger partial charge is 0.210 e.